The topological polar surface area (TPSA) is 75.9 Å². The number of piperazine rings is 1. The summed E-state index contributed by atoms with van der Waals surface area (Å²) in [6, 6.07) is 6.63. The smallest absolute Gasteiger partial charge is 0.302 e. The number of non-ortho nitro benzene ring substituents is 1. The van der Waals surface area contributed by atoms with Gasteiger partial charge in [-0.25, -0.2) is 0 Å². The number of carbonyl (C=O) groups is 1. The predicted octanol–water partition coefficient (Wildman–Crippen LogP) is 1.28. The molecule has 0 spiro atoms. The average Bonchev–Trinajstić information content (AvgIpc) is 2.48. The van der Waals surface area contributed by atoms with Crippen LogP contribution in [0, 0.1) is 10.1 Å². The third-order valence-electron chi connectivity index (χ3n) is 3.51. The summed E-state index contributed by atoms with van der Waals surface area (Å²) in [7, 11) is 0. The Kier molecular flexibility index (Phi) is 5.10. The quantitative estimate of drug-likeness (QED) is 0.462. The second-order valence-corrected chi connectivity index (χ2v) is 4.94. The Morgan fingerprint density at radius 2 is 1.86 bits per heavy atom. The van der Waals surface area contributed by atoms with Gasteiger partial charge in [0.25, 0.3) is 5.69 Å². The summed E-state index contributed by atoms with van der Waals surface area (Å²) in [5, 5.41) is 10.6. The van der Waals surface area contributed by atoms with Crippen LogP contribution < -0.4 is 4.90 Å². The van der Waals surface area contributed by atoms with E-state index >= 15 is 0 Å². The third kappa shape index (κ3) is 4.42. The van der Waals surface area contributed by atoms with E-state index in [0.29, 0.717) is 6.61 Å². The molecule has 0 aromatic heterocycles. The van der Waals surface area contributed by atoms with E-state index in [4.69, 9.17) is 4.74 Å². The molecule has 0 unspecified atom stereocenters. The minimum Gasteiger partial charge on any atom is -0.465 e. The van der Waals surface area contributed by atoms with Crippen LogP contribution in [0.4, 0.5) is 11.4 Å². The van der Waals surface area contributed by atoms with Gasteiger partial charge in [0, 0.05) is 57.5 Å². The number of nitro benzene ring substituents is 1. The van der Waals surface area contributed by atoms with Crippen molar-refractivity contribution in [1.29, 1.82) is 0 Å². The van der Waals surface area contributed by atoms with Crippen molar-refractivity contribution >= 4 is 17.3 Å². The lowest BCUT2D eigenvalue weighted by molar-refractivity contribution is -0.384. The highest BCUT2D eigenvalue weighted by Gasteiger charge is 2.17. The first kappa shape index (κ1) is 15.2. The van der Waals surface area contributed by atoms with Crippen LogP contribution in [0.15, 0.2) is 24.3 Å². The molecule has 0 amide bonds. The summed E-state index contributed by atoms with van der Waals surface area (Å²) in [6.07, 6.45) is 0. The van der Waals surface area contributed by atoms with Crippen LogP contribution in [0.25, 0.3) is 0 Å². The fraction of sp³-hybridized carbons (Fsp3) is 0.500. The monoisotopic (exact) mass is 293 g/mol. The van der Waals surface area contributed by atoms with E-state index in [-0.39, 0.29) is 11.7 Å². The fourth-order valence-electron chi connectivity index (χ4n) is 2.33. The highest BCUT2D eigenvalue weighted by Crippen LogP contribution is 2.20. The van der Waals surface area contributed by atoms with Crippen molar-refractivity contribution in [1.82, 2.24) is 4.90 Å². The summed E-state index contributed by atoms with van der Waals surface area (Å²) in [6.45, 7) is 6.07. The third-order valence-corrected chi connectivity index (χ3v) is 3.51. The van der Waals surface area contributed by atoms with E-state index in [2.05, 4.69) is 9.80 Å². The average molecular weight is 293 g/mol. The van der Waals surface area contributed by atoms with Gasteiger partial charge in [0.15, 0.2) is 0 Å². The summed E-state index contributed by atoms with van der Waals surface area (Å²) in [4.78, 5) is 25.4. The first-order valence-electron chi connectivity index (χ1n) is 6.91. The maximum absolute atomic E-state index is 10.7. The van der Waals surface area contributed by atoms with E-state index < -0.39 is 4.92 Å². The molecule has 1 heterocycles. The van der Waals surface area contributed by atoms with Crippen molar-refractivity contribution in [2.75, 3.05) is 44.2 Å². The predicted molar refractivity (Wildman–Crippen MR) is 78.4 cm³/mol. The second kappa shape index (κ2) is 7.03. The van der Waals surface area contributed by atoms with Gasteiger partial charge >= 0.3 is 5.97 Å². The molecule has 0 bridgehead atoms. The van der Waals surface area contributed by atoms with Gasteiger partial charge in [-0.3, -0.25) is 19.8 Å². The number of hydrogen-bond acceptors (Lipinski definition) is 6. The number of esters is 1. The van der Waals surface area contributed by atoms with Gasteiger partial charge in [-0.1, -0.05) is 0 Å². The van der Waals surface area contributed by atoms with Crippen molar-refractivity contribution in [3.8, 4) is 0 Å². The number of rotatable bonds is 5. The van der Waals surface area contributed by atoms with Crippen LogP contribution in [-0.2, 0) is 9.53 Å². The summed E-state index contributed by atoms with van der Waals surface area (Å²) >= 11 is 0. The molecular formula is C14H19N3O4. The first-order chi connectivity index (χ1) is 10.1. The summed E-state index contributed by atoms with van der Waals surface area (Å²) < 4.78 is 4.93. The van der Waals surface area contributed by atoms with Crippen LogP contribution in [0.5, 0.6) is 0 Å². The zero-order chi connectivity index (χ0) is 15.2. The van der Waals surface area contributed by atoms with Crippen LogP contribution in [0.2, 0.25) is 0 Å². The fourth-order valence-corrected chi connectivity index (χ4v) is 2.33. The Labute approximate surface area is 123 Å². The molecule has 1 aromatic rings. The normalized spacial score (nSPS) is 15.8. The van der Waals surface area contributed by atoms with Crippen LogP contribution in [0.1, 0.15) is 6.92 Å². The Morgan fingerprint density at radius 1 is 1.24 bits per heavy atom. The van der Waals surface area contributed by atoms with Crippen LogP contribution in [0.3, 0.4) is 0 Å². The number of anilines is 1. The number of nitrogens with zero attached hydrogens (tertiary/aromatic N) is 3. The highest BCUT2D eigenvalue weighted by molar-refractivity contribution is 5.65. The molecule has 1 fully saturated rings. The minimum absolute atomic E-state index is 0.110. The maximum atomic E-state index is 10.7. The molecule has 21 heavy (non-hydrogen) atoms. The van der Waals surface area contributed by atoms with Gasteiger partial charge in [-0.2, -0.15) is 0 Å². The zero-order valence-electron chi connectivity index (χ0n) is 12.0. The van der Waals surface area contributed by atoms with E-state index in [1.807, 2.05) is 0 Å². The summed E-state index contributed by atoms with van der Waals surface area (Å²) in [5.74, 6) is -0.250. The summed E-state index contributed by atoms with van der Waals surface area (Å²) in [5.41, 5.74) is 1.11. The Morgan fingerprint density at radius 3 is 2.38 bits per heavy atom. The molecule has 7 nitrogen and oxygen atoms in total. The first-order valence-corrected chi connectivity index (χ1v) is 6.91. The standard InChI is InChI=1S/C14H19N3O4/c1-12(18)21-11-10-15-6-8-16(9-7-15)13-2-4-14(5-3-13)17(19)20/h2-5H,6-11H2,1H3. The maximum Gasteiger partial charge on any atom is 0.302 e. The van der Waals surface area contributed by atoms with Crippen molar-refractivity contribution in [3.05, 3.63) is 34.4 Å². The molecule has 2 rings (SSSR count). The number of ether oxygens (including phenoxy) is 1. The molecule has 1 aliphatic rings. The molecule has 7 heteroatoms. The van der Waals surface area contributed by atoms with Gasteiger partial charge in [0.2, 0.25) is 0 Å². The zero-order valence-corrected chi connectivity index (χ0v) is 12.0. The van der Waals surface area contributed by atoms with Crippen molar-refractivity contribution in [3.63, 3.8) is 0 Å². The highest BCUT2D eigenvalue weighted by atomic mass is 16.6. The molecule has 0 radical (unpaired) electrons. The van der Waals surface area contributed by atoms with Gasteiger partial charge in [-0.05, 0) is 12.1 Å². The van der Waals surface area contributed by atoms with Crippen molar-refractivity contribution in [2.24, 2.45) is 0 Å². The molecule has 0 saturated carbocycles. The number of carbonyl (C=O) groups excluding carboxylic acids is 1. The van der Waals surface area contributed by atoms with E-state index in [0.717, 1.165) is 38.4 Å². The van der Waals surface area contributed by atoms with Gasteiger partial charge in [0.05, 0.1) is 4.92 Å². The number of hydrogen-bond donors (Lipinski definition) is 0. The van der Waals surface area contributed by atoms with Gasteiger partial charge in [-0.15, -0.1) is 0 Å². The second-order valence-electron chi connectivity index (χ2n) is 4.94. The van der Waals surface area contributed by atoms with Crippen LogP contribution >= 0.6 is 0 Å². The van der Waals surface area contributed by atoms with Gasteiger partial charge in [0.1, 0.15) is 6.61 Å². The lowest BCUT2D eigenvalue weighted by atomic mass is 10.2. The molecular weight excluding hydrogens is 274 g/mol. The minimum atomic E-state index is -0.392. The number of nitro groups is 1. The molecule has 0 N–H and O–H groups in total. The Hall–Kier alpha value is -2.15. The lowest BCUT2D eigenvalue weighted by Crippen LogP contribution is -2.47. The molecule has 1 aromatic carbocycles. The van der Waals surface area contributed by atoms with Gasteiger partial charge < -0.3 is 9.64 Å². The Balaban J connectivity index is 1.80. The molecule has 1 saturated heterocycles. The largest absolute Gasteiger partial charge is 0.465 e. The molecule has 0 atom stereocenters. The number of benzene rings is 1. The van der Waals surface area contributed by atoms with E-state index in [9.17, 15) is 14.9 Å². The molecule has 1 aliphatic heterocycles. The SMILES string of the molecule is CC(=O)OCCN1CCN(c2ccc([N+](=O)[O-])cc2)CC1. The molecule has 0 aliphatic carbocycles. The van der Waals surface area contributed by atoms with Crippen molar-refractivity contribution < 1.29 is 14.5 Å². The van der Waals surface area contributed by atoms with Crippen molar-refractivity contribution in [2.45, 2.75) is 6.92 Å². The lowest BCUT2D eigenvalue weighted by Gasteiger charge is -2.35. The Bertz CT molecular complexity index is 495. The van der Waals surface area contributed by atoms with Crippen LogP contribution in [-0.4, -0.2) is 55.1 Å². The van der Waals surface area contributed by atoms with E-state index in [1.54, 1.807) is 12.1 Å². The molecule has 114 valence electrons. The van der Waals surface area contributed by atoms with E-state index in [1.165, 1.54) is 19.1 Å².